The van der Waals surface area contributed by atoms with E-state index in [1.54, 1.807) is 0 Å². The number of allylic oxidation sites excluding steroid dienone is 3. The zero-order valence-corrected chi connectivity index (χ0v) is 9.45. The second-order valence-corrected chi connectivity index (χ2v) is 5.78. The first kappa shape index (κ1) is 11.1. The van der Waals surface area contributed by atoms with Gasteiger partial charge in [-0.1, -0.05) is 11.2 Å². The van der Waals surface area contributed by atoms with E-state index in [-0.39, 0.29) is 11.4 Å². The van der Waals surface area contributed by atoms with Gasteiger partial charge >= 0.3 is 0 Å². The Balaban J connectivity index is 2.56. The summed E-state index contributed by atoms with van der Waals surface area (Å²) in [4.78, 5) is 4.47. The van der Waals surface area contributed by atoms with Crippen molar-refractivity contribution in [1.82, 2.24) is 9.79 Å². The molecule has 0 saturated heterocycles. The molecule has 0 aromatic carbocycles. The third-order valence-electron chi connectivity index (χ3n) is 2.30. The van der Waals surface area contributed by atoms with Crippen LogP contribution >= 0.6 is 0 Å². The molecule has 8 heteroatoms. The van der Waals surface area contributed by atoms with Gasteiger partial charge < -0.3 is 0 Å². The molecule has 2 aliphatic rings. The number of sulfonamides is 1. The molecule has 0 saturated carbocycles. The van der Waals surface area contributed by atoms with Crippen molar-refractivity contribution in [3.63, 3.8) is 0 Å². The number of hydrogen-bond acceptors (Lipinski definition) is 5. The third kappa shape index (κ3) is 1.26. The number of oxime groups is 1. The van der Waals surface area contributed by atoms with Crippen LogP contribution in [0.5, 0.6) is 0 Å². The molecular formula is C8H10FN3O3S. The van der Waals surface area contributed by atoms with Crippen molar-refractivity contribution < 1.29 is 17.7 Å². The zero-order valence-electron chi connectivity index (χ0n) is 8.64. The summed E-state index contributed by atoms with van der Waals surface area (Å²) in [5, 5.41) is 0.674. The largest absolute Gasteiger partial charge is 0.290 e. The molecule has 88 valence electrons. The first-order chi connectivity index (χ1) is 7.39. The van der Waals surface area contributed by atoms with Crippen LogP contribution in [0.2, 0.25) is 0 Å². The molecule has 1 aliphatic carbocycles. The molecule has 0 aromatic rings. The lowest BCUT2D eigenvalue weighted by atomic mass is 10.1. The molecule has 1 aliphatic heterocycles. The van der Waals surface area contributed by atoms with Crippen LogP contribution in [0, 0.1) is 0 Å². The van der Waals surface area contributed by atoms with E-state index in [0.717, 1.165) is 10.4 Å². The minimum Gasteiger partial charge on any atom is -0.270 e. The SMILES string of the molecule is CN(C)S(=O)(=O)C1(F)C=CC=C2NON=C21. The van der Waals surface area contributed by atoms with Crippen LogP contribution in [0.15, 0.2) is 29.1 Å². The van der Waals surface area contributed by atoms with Gasteiger partial charge in [0, 0.05) is 14.1 Å². The third-order valence-corrected chi connectivity index (χ3v) is 4.34. The number of nitrogens with zero attached hydrogens (tertiary/aromatic N) is 2. The number of nitrogens with one attached hydrogen (secondary N) is 1. The first-order valence-corrected chi connectivity index (χ1v) is 5.85. The predicted octanol–water partition coefficient (Wildman–Crippen LogP) is -0.112. The van der Waals surface area contributed by atoms with Gasteiger partial charge in [-0.2, -0.15) is 5.48 Å². The van der Waals surface area contributed by atoms with Gasteiger partial charge in [0.2, 0.25) is 0 Å². The highest BCUT2D eigenvalue weighted by atomic mass is 32.2. The predicted molar refractivity (Wildman–Crippen MR) is 55.3 cm³/mol. The van der Waals surface area contributed by atoms with E-state index >= 15 is 0 Å². The molecule has 0 fully saturated rings. The van der Waals surface area contributed by atoms with Crippen molar-refractivity contribution >= 4 is 15.7 Å². The molecule has 1 unspecified atom stereocenters. The smallest absolute Gasteiger partial charge is 0.270 e. The van der Waals surface area contributed by atoms with Crippen LogP contribution in [-0.4, -0.2) is 37.5 Å². The first-order valence-electron chi connectivity index (χ1n) is 4.41. The van der Waals surface area contributed by atoms with Gasteiger partial charge in [-0.3, -0.25) is 4.94 Å². The standard InChI is InChI=1S/C8H10FN3O3S/c1-12(2)16(13,14)8(9)5-3-4-6-7(8)11-15-10-6/h3-5,10H,1-2H3. The topological polar surface area (TPSA) is 71.0 Å². The lowest BCUT2D eigenvalue weighted by Crippen LogP contribution is -2.48. The molecule has 1 atom stereocenters. The Bertz CT molecular complexity index is 509. The molecule has 16 heavy (non-hydrogen) atoms. The lowest BCUT2D eigenvalue weighted by Gasteiger charge is -2.26. The summed E-state index contributed by atoms with van der Waals surface area (Å²) >= 11 is 0. The quantitative estimate of drug-likeness (QED) is 0.739. The number of alkyl halides is 1. The molecule has 0 amide bonds. The van der Waals surface area contributed by atoms with Crippen molar-refractivity contribution in [1.29, 1.82) is 0 Å². The van der Waals surface area contributed by atoms with Crippen LogP contribution in [0.3, 0.4) is 0 Å². The maximum Gasteiger partial charge on any atom is 0.290 e. The van der Waals surface area contributed by atoms with Gasteiger partial charge in [-0.25, -0.2) is 17.1 Å². The van der Waals surface area contributed by atoms with Crippen LogP contribution in [-0.2, 0) is 15.0 Å². The highest BCUT2D eigenvalue weighted by Crippen LogP contribution is 2.32. The average Bonchev–Trinajstić information content (AvgIpc) is 2.66. The van der Waals surface area contributed by atoms with E-state index in [0.29, 0.717) is 0 Å². The van der Waals surface area contributed by atoms with Gasteiger partial charge in [0.15, 0.2) is 5.71 Å². The maximum absolute atomic E-state index is 14.5. The van der Waals surface area contributed by atoms with E-state index < -0.39 is 15.0 Å². The van der Waals surface area contributed by atoms with Crippen molar-refractivity contribution in [2.75, 3.05) is 14.1 Å². The Morgan fingerprint density at radius 2 is 2.25 bits per heavy atom. The Morgan fingerprint density at radius 3 is 2.88 bits per heavy atom. The number of fused-ring (bicyclic) bond motifs is 1. The van der Waals surface area contributed by atoms with Crippen LogP contribution in [0.4, 0.5) is 4.39 Å². The summed E-state index contributed by atoms with van der Waals surface area (Å²) in [6, 6.07) is 0. The Labute approximate surface area is 92.1 Å². The Hall–Kier alpha value is -1.41. The molecule has 0 spiro atoms. The van der Waals surface area contributed by atoms with E-state index in [4.69, 9.17) is 0 Å². The van der Waals surface area contributed by atoms with Crippen molar-refractivity contribution in [3.05, 3.63) is 23.9 Å². The van der Waals surface area contributed by atoms with E-state index in [2.05, 4.69) is 15.6 Å². The fourth-order valence-corrected chi connectivity index (χ4v) is 2.57. The number of rotatable bonds is 2. The molecule has 1 heterocycles. The van der Waals surface area contributed by atoms with Crippen molar-refractivity contribution in [3.8, 4) is 0 Å². The number of halogens is 1. The second kappa shape index (κ2) is 3.29. The minimum atomic E-state index is -4.17. The molecule has 6 nitrogen and oxygen atoms in total. The molecule has 0 aromatic heterocycles. The monoisotopic (exact) mass is 247 g/mol. The summed E-state index contributed by atoms with van der Waals surface area (Å²) in [5.74, 6) is 0. The summed E-state index contributed by atoms with van der Waals surface area (Å²) in [6.07, 6.45) is 3.72. The van der Waals surface area contributed by atoms with E-state index in [9.17, 15) is 12.8 Å². The maximum atomic E-state index is 14.5. The van der Waals surface area contributed by atoms with Gasteiger partial charge in [0.25, 0.3) is 15.0 Å². The van der Waals surface area contributed by atoms with E-state index in [1.807, 2.05) is 0 Å². The Morgan fingerprint density at radius 1 is 1.56 bits per heavy atom. The highest BCUT2D eigenvalue weighted by molar-refractivity contribution is 7.91. The lowest BCUT2D eigenvalue weighted by molar-refractivity contribution is 0.0902. The van der Waals surface area contributed by atoms with Gasteiger partial charge in [-0.05, 0) is 12.2 Å². The number of hydrogen-bond donors (Lipinski definition) is 1. The van der Waals surface area contributed by atoms with Crippen molar-refractivity contribution in [2.45, 2.75) is 5.00 Å². The van der Waals surface area contributed by atoms with Crippen LogP contribution in [0.1, 0.15) is 0 Å². The molecule has 0 radical (unpaired) electrons. The van der Waals surface area contributed by atoms with Gasteiger partial charge in [-0.15, -0.1) is 0 Å². The fourth-order valence-electron chi connectivity index (χ4n) is 1.39. The summed E-state index contributed by atoms with van der Waals surface area (Å²) in [7, 11) is -1.65. The normalized spacial score (nSPS) is 28.0. The highest BCUT2D eigenvalue weighted by Gasteiger charge is 2.53. The van der Waals surface area contributed by atoms with Crippen molar-refractivity contribution in [2.24, 2.45) is 5.16 Å². The second-order valence-electron chi connectivity index (χ2n) is 3.51. The summed E-state index contributed by atoms with van der Waals surface area (Å²) < 4.78 is 39.1. The van der Waals surface area contributed by atoms with Crippen LogP contribution in [0.25, 0.3) is 0 Å². The summed E-state index contributed by atoms with van der Waals surface area (Å²) in [6.45, 7) is 0. The number of hydroxylamine groups is 1. The van der Waals surface area contributed by atoms with Gasteiger partial charge in [0.05, 0.1) is 0 Å². The average molecular weight is 247 g/mol. The molecular weight excluding hydrogens is 237 g/mol. The van der Waals surface area contributed by atoms with E-state index in [1.165, 1.54) is 26.2 Å². The minimum absolute atomic E-state index is 0.204. The summed E-state index contributed by atoms with van der Waals surface area (Å²) in [5.41, 5.74) is 2.22. The Kier molecular flexibility index (Phi) is 2.28. The molecule has 1 N–H and O–H groups in total. The molecule has 2 rings (SSSR count). The zero-order chi connectivity index (χ0) is 12.0. The van der Waals surface area contributed by atoms with Crippen LogP contribution < -0.4 is 5.48 Å². The fraction of sp³-hybridized carbons (Fsp3) is 0.375. The van der Waals surface area contributed by atoms with Gasteiger partial charge in [0.1, 0.15) is 5.70 Å². The molecule has 0 bridgehead atoms.